The molecule has 0 radical (unpaired) electrons. The number of nitrogens with zero attached hydrogens (tertiary/aromatic N) is 1. The molecule has 1 aromatic rings. The molecular formula is C12H12N2O. The van der Waals surface area contributed by atoms with Crippen molar-refractivity contribution >= 4 is 11.6 Å². The standard InChI is InChI=1S/C12H12N2O/c1-3-10(2)4-5-12(15)14-11-6-8-13-9-7-11/h3-9H,1-2H2,(H,13,14,15). The van der Waals surface area contributed by atoms with E-state index in [0.717, 1.165) is 0 Å². The summed E-state index contributed by atoms with van der Waals surface area (Å²) in [5, 5.41) is 2.68. The van der Waals surface area contributed by atoms with Crippen molar-refractivity contribution in [2.24, 2.45) is 0 Å². The molecule has 0 unspecified atom stereocenters. The average molecular weight is 200 g/mol. The predicted molar refractivity (Wildman–Crippen MR) is 61.3 cm³/mol. The largest absolute Gasteiger partial charge is 0.322 e. The molecule has 3 heteroatoms. The number of aromatic nitrogens is 1. The molecule has 76 valence electrons. The van der Waals surface area contributed by atoms with Crippen molar-refractivity contribution in [3.05, 3.63) is 61.5 Å². The van der Waals surface area contributed by atoms with Gasteiger partial charge in [0.1, 0.15) is 0 Å². The lowest BCUT2D eigenvalue weighted by Gasteiger charge is -1.99. The van der Waals surface area contributed by atoms with E-state index in [4.69, 9.17) is 0 Å². The van der Waals surface area contributed by atoms with E-state index in [9.17, 15) is 4.79 Å². The third-order valence-electron chi connectivity index (χ3n) is 1.66. The van der Waals surface area contributed by atoms with Gasteiger partial charge >= 0.3 is 0 Å². The van der Waals surface area contributed by atoms with Gasteiger partial charge in [0.05, 0.1) is 0 Å². The molecule has 1 rings (SSSR count). The summed E-state index contributed by atoms with van der Waals surface area (Å²) >= 11 is 0. The van der Waals surface area contributed by atoms with Crippen molar-refractivity contribution in [1.82, 2.24) is 4.98 Å². The van der Waals surface area contributed by atoms with E-state index in [1.54, 1.807) is 36.7 Å². The first-order chi connectivity index (χ1) is 7.22. The number of nitrogens with one attached hydrogen (secondary N) is 1. The normalized spacial score (nSPS) is 9.87. The van der Waals surface area contributed by atoms with E-state index in [0.29, 0.717) is 11.3 Å². The molecule has 0 saturated heterocycles. The van der Waals surface area contributed by atoms with Gasteiger partial charge in [-0.1, -0.05) is 25.3 Å². The number of rotatable bonds is 4. The van der Waals surface area contributed by atoms with Gasteiger partial charge in [0.2, 0.25) is 5.91 Å². The van der Waals surface area contributed by atoms with Gasteiger partial charge in [-0.15, -0.1) is 0 Å². The fourth-order valence-electron chi connectivity index (χ4n) is 0.870. The number of pyridine rings is 1. The van der Waals surface area contributed by atoms with Gasteiger partial charge in [-0.2, -0.15) is 0 Å². The molecule has 1 heterocycles. The predicted octanol–water partition coefficient (Wildman–Crippen LogP) is 2.32. The van der Waals surface area contributed by atoms with Crippen LogP contribution in [0.5, 0.6) is 0 Å². The Labute approximate surface area is 88.8 Å². The Hall–Kier alpha value is -2.16. The summed E-state index contributed by atoms with van der Waals surface area (Å²) in [6.07, 6.45) is 7.81. The lowest BCUT2D eigenvalue weighted by molar-refractivity contribution is -0.111. The number of allylic oxidation sites excluding steroid dienone is 3. The maximum atomic E-state index is 11.3. The van der Waals surface area contributed by atoms with E-state index in [1.807, 2.05) is 0 Å². The van der Waals surface area contributed by atoms with Crippen LogP contribution in [0.3, 0.4) is 0 Å². The van der Waals surface area contributed by atoms with Crippen molar-refractivity contribution in [1.29, 1.82) is 0 Å². The van der Waals surface area contributed by atoms with Crippen molar-refractivity contribution in [2.75, 3.05) is 5.32 Å². The quantitative estimate of drug-likeness (QED) is 0.598. The topological polar surface area (TPSA) is 42.0 Å². The summed E-state index contributed by atoms with van der Waals surface area (Å²) in [4.78, 5) is 15.2. The monoisotopic (exact) mass is 200 g/mol. The minimum absolute atomic E-state index is 0.204. The molecule has 0 aromatic carbocycles. The first kappa shape index (κ1) is 10.9. The van der Waals surface area contributed by atoms with E-state index >= 15 is 0 Å². The molecule has 1 N–H and O–H groups in total. The lowest BCUT2D eigenvalue weighted by Crippen LogP contribution is -2.07. The number of carbonyl (C=O) groups is 1. The average Bonchev–Trinajstić information content (AvgIpc) is 2.27. The summed E-state index contributed by atoms with van der Waals surface area (Å²) in [5.74, 6) is -0.204. The van der Waals surface area contributed by atoms with Crippen LogP contribution in [0.15, 0.2) is 61.5 Å². The first-order valence-corrected chi connectivity index (χ1v) is 4.43. The second-order valence-electron chi connectivity index (χ2n) is 2.84. The van der Waals surface area contributed by atoms with Crippen molar-refractivity contribution in [3.63, 3.8) is 0 Å². The highest BCUT2D eigenvalue weighted by Gasteiger charge is 1.95. The van der Waals surface area contributed by atoms with Crippen LogP contribution < -0.4 is 5.32 Å². The van der Waals surface area contributed by atoms with E-state index < -0.39 is 0 Å². The van der Waals surface area contributed by atoms with Gasteiger partial charge in [0.15, 0.2) is 0 Å². The Morgan fingerprint density at radius 3 is 2.60 bits per heavy atom. The molecule has 0 bridgehead atoms. The minimum atomic E-state index is -0.204. The summed E-state index contributed by atoms with van der Waals surface area (Å²) < 4.78 is 0. The van der Waals surface area contributed by atoms with Crippen LogP contribution in [0.2, 0.25) is 0 Å². The smallest absolute Gasteiger partial charge is 0.248 e. The molecule has 0 aliphatic rings. The Kier molecular flexibility index (Phi) is 4.04. The Balaban J connectivity index is 2.54. The molecular weight excluding hydrogens is 188 g/mol. The van der Waals surface area contributed by atoms with Crippen molar-refractivity contribution in [2.45, 2.75) is 0 Å². The molecule has 15 heavy (non-hydrogen) atoms. The Bertz CT molecular complexity index is 393. The fourth-order valence-corrected chi connectivity index (χ4v) is 0.870. The lowest BCUT2D eigenvalue weighted by atomic mass is 10.2. The molecule has 0 aliphatic heterocycles. The van der Waals surface area contributed by atoms with Gasteiger partial charge in [-0.05, 0) is 17.7 Å². The van der Waals surface area contributed by atoms with Crippen molar-refractivity contribution < 1.29 is 4.79 Å². The van der Waals surface area contributed by atoms with Gasteiger partial charge in [0, 0.05) is 24.2 Å². The summed E-state index contributed by atoms with van der Waals surface area (Å²) in [5.41, 5.74) is 1.41. The number of carbonyl (C=O) groups excluding carboxylic acids is 1. The highest BCUT2D eigenvalue weighted by atomic mass is 16.1. The zero-order chi connectivity index (χ0) is 11.1. The highest BCUT2D eigenvalue weighted by Crippen LogP contribution is 2.03. The molecule has 1 aromatic heterocycles. The van der Waals surface area contributed by atoms with Gasteiger partial charge in [0.25, 0.3) is 0 Å². The van der Waals surface area contributed by atoms with Crippen LogP contribution in [-0.4, -0.2) is 10.9 Å². The van der Waals surface area contributed by atoms with Gasteiger partial charge < -0.3 is 5.32 Å². The number of hydrogen-bond acceptors (Lipinski definition) is 2. The van der Waals surface area contributed by atoms with Crippen LogP contribution in [0.25, 0.3) is 0 Å². The Morgan fingerprint density at radius 2 is 2.00 bits per heavy atom. The minimum Gasteiger partial charge on any atom is -0.322 e. The van der Waals surface area contributed by atoms with E-state index in [-0.39, 0.29) is 5.91 Å². The maximum absolute atomic E-state index is 11.3. The fraction of sp³-hybridized carbons (Fsp3) is 0. The summed E-state index contributed by atoms with van der Waals surface area (Å²) in [6, 6.07) is 3.43. The van der Waals surface area contributed by atoms with E-state index in [2.05, 4.69) is 23.5 Å². The molecule has 0 spiro atoms. The molecule has 0 aliphatic carbocycles. The first-order valence-electron chi connectivity index (χ1n) is 4.43. The van der Waals surface area contributed by atoms with Crippen LogP contribution in [0.1, 0.15) is 0 Å². The number of amides is 1. The zero-order valence-corrected chi connectivity index (χ0v) is 8.31. The van der Waals surface area contributed by atoms with Gasteiger partial charge in [-0.3, -0.25) is 9.78 Å². The van der Waals surface area contributed by atoms with E-state index in [1.165, 1.54) is 6.08 Å². The molecule has 0 fully saturated rings. The van der Waals surface area contributed by atoms with Crippen LogP contribution in [-0.2, 0) is 4.79 Å². The van der Waals surface area contributed by atoms with Crippen molar-refractivity contribution in [3.8, 4) is 0 Å². The maximum Gasteiger partial charge on any atom is 0.248 e. The zero-order valence-electron chi connectivity index (χ0n) is 8.31. The second kappa shape index (κ2) is 5.54. The Morgan fingerprint density at radius 1 is 1.33 bits per heavy atom. The third-order valence-corrected chi connectivity index (χ3v) is 1.66. The number of anilines is 1. The second-order valence-corrected chi connectivity index (χ2v) is 2.84. The summed E-state index contributed by atoms with van der Waals surface area (Å²) in [7, 11) is 0. The molecule has 1 amide bonds. The van der Waals surface area contributed by atoms with Gasteiger partial charge in [-0.25, -0.2) is 0 Å². The molecule has 0 atom stereocenters. The molecule has 0 saturated carbocycles. The van der Waals surface area contributed by atoms with Crippen LogP contribution in [0.4, 0.5) is 5.69 Å². The van der Waals surface area contributed by atoms with Crippen LogP contribution in [0, 0.1) is 0 Å². The number of hydrogen-bond donors (Lipinski definition) is 1. The third kappa shape index (κ3) is 4.04. The SMILES string of the molecule is C=CC(=C)C=CC(=O)Nc1ccncc1. The molecule has 3 nitrogen and oxygen atoms in total. The highest BCUT2D eigenvalue weighted by molar-refractivity contribution is 5.99. The summed E-state index contributed by atoms with van der Waals surface area (Å²) in [6.45, 7) is 7.19. The van der Waals surface area contributed by atoms with Crippen LogP contribution >= 0.6 is 0 Å².